The number of carboxylic acid groups (broad SMARTS) is 6. The molecule has 11 nitrogen and oxygen atoms in total. The molecule has 0 saturated carbocycles. The highest BCUT2D eigenvalue weighted by Crippen LogP contribution is 1.43. The lowest BCUT2D eigenvalue weighted by Crippen LogP contribution is -1.81. The fourth-order valence-corrected chi connectivity index (χ4v) is 0. The molecule has 0 aliphatic rings. The molecule has 0 spiro atoms. The maximum Gasteiger partial charge on any atom is 0.503 e. The molecule has 0 aromatic carbocycles. The van der Waals surface area contributed by atoms with E-state index in [0.717, 1.165) is 0 Å². The predicted octanol–water partition coefficient (Wildman–Crippen LogP) is -3.35. The standard InChI is InChI=1S/3CH2O3.2Al.2H2O.6H/c3*2-1(3)4;;;;;;;;;;/h3*(H2,2,3,4);;;2*1H2;;;;;;. The molecule has 0 aliphatic carbocycles. The lowest BCUT2D eigenvalue weighted by Gasteiger charge is -1.60. The van der Waals surface area contributed by atoms with E-state index in [9.17, 15) is 0 Å². The van der Waals surface area contributed by atoms with Gasteiger partial charge in [0.2, 0.25) is 0 Å². The SMILES string of the molecule is O.O.O=C(O)O.O=C(O)O.O=C(O)O.[AlH3].[AlH3]. The second-order valence-corrected chi connectivity index (χ2v) is 0.848. The first-order valence-corrected chi connectivity index (χ1v) is 1.95. The molecule has 0 aromatic heterocycles. The number of rotatable bonds is 0. The smallest absolute Gasteiger partial charge is 0.450 e. The van der Waals surface area contributed by atoms with E-state index in [2.05, 4.69) is 0 Å². The van der Waals surface area contributed by atoms with E-state index in [-0.39, 0.29) is 45.7 Å². The van der Waals surface area contributed by atoms with Gasteiger partial charge < -0.3 is 41.6 Å². The Morgan fingerprint density at radius 2 is 0.500 bits per heavy atom. The van der Waals surface area contributed by atoms with Crippen LogP contribution in [0.1, 0.15) is 0 Å². The molecule has 13 heteroatoms. The largest absolute Gasteiger partial charge is 0.503 e. The number of hydrogen-bond acceptors (Lipinski definition) is 3. The lowest BCUT2D eigenvalue weighted by molar-refractivity contribution is 0.135. The van der Waals surface area contributed by atoms with Crippen molar-refractivity contribution in [1.29, 1.82) is 0 Å². The van der Waals surface area contributed by atoms with Crippen LogP contribution in [0.15, 0.2) is 0 Å². The molecule has 0 amide bonds. The third-order valence-electron chi connectivity index (χ3n) is 0. The predicted molar refractivity (Wildman–Crippen MR) is 59.1 cm³/mol. The van der Waals surface area contributed by atoms with Crippen molar-refractivity contribution in [3.05, 3.63) is 0 Å². The normalized spacial score (nSPS) is 4.50. The minimum Gasteiger partial charge on any atom is -0.450 e. The molecule has 0 unspecified atom stereocenters. The van der Waals surface area contributed by atoms with E-state index in [1.54, 1.807) is 0 Å². The van der Waals surface area contributed by atoms with Gasteiger partial charge in [-0.3, -0.25) is 0 Å². The van der Waals surface area contributed by atoms with Crippen LogP contribution in [-0.2, 0) is 0 Å². The van der Waals surface area contributed by atoms with Crippen LogP contribution in [0.4, 0.5) is 14.4 Å². The fourth-order valence-electron chi connectivity index (χ4n) is 0. The third kappa shape index (κ3) is 1230. The highest BCUT2D eigenvalue weighted by molar-refractivity contribution is 5.76. The Balaban J connectivity index is -0.0000000135. The molecular weight excluding hydrogens is 266 g/mol. The van der Waals surface area contributed by atoms with Gasteiger partial charge in [0.15, 0.2) is 34.7 Å². The van der Waals surface area contributed by atoms with Crippen molar-refractivity contribution in [1.82, 2.24) is 0 Å². The fraction of sp³-hybridized carbons (Fsp3) is 0. The Hall–Kier alpha value is -1.21. The first kappa shape index (κ1) is 46.3. The molecule has 16 heavy (non-hydrogen) atoms. The van der Waals surface area contributed by atoms with Crippen molar-refractivity contribution in [2.45, 2.75) is 0 Å². The van der Waals surface area contributed by atoms with Gasteiger partial charge in [-0.2, -0.15) is 0 Å². The molecule has 0 heterocycles. The maximum atomic E-state index is 8.56. The monoisotopic (exact) mass is 282 g/mol. The summed E-state index contributed by atoms with van der Waals surface area (Å²) in [5.41, 5.74) is 0. The van der Waals surface area contributed by atoms with Crippen LogP contribution in [0.5, 0.6) is 0 Å². The summed E-state index contributed by atoms with van der Waals surface area (Å²) in [6, 6.07) is 0. The van der Waals surface area contributed by atoms with Crippen molar-refractivity contribution in [2.75, 3.05) is 0 Å². The summed E-state index contributed by atoms with van der Waals surface area (Å²) in [7, 11) is 0. The Kier molecular flexibility index (Phi) is 108. The molecule has 0 rings (SSSR count). The van der Waals surface area contributed by atoms with Crippen LogP contribution in [0.25, 0.3) is 0 Å². The summed E-state index contributed by atoms with van der Waals surface area (Å²) in [5.74, 6) is 0. The van der Waals surface area contributed by atoms with E-state index < -0.39 is 18.5 Å². The van der Waals surface area contributed by atoms with Gasteiger partial charge in [-0.05, 0) is 0 Å². The van der Waals surface area contributed by atoms with Crippen LogP contribution in [0, 0.1) is 0 Å². The zero-order chi connectivity index (χ0) is 10.7. The van der Waals surface area contributed by atoms with E-state index in [0.29, 0.717) is 0 Å². The average molecular weight is 282 g/mol. The van der Waals surface area contributed by atoms with Gasteiger partial charge in [0, 0.05) is 0 Å². The molecule has 0 aromatic rings. The summed E-state index contributed by atoms with van der Waals surface area (Å²) in [6.07, 6.45) is -5.50. The van der Waals surface area contributed by atoms with E-state index in [4.69, 9.17) is 45.0 Å². The van der Waals surface area contributed by atoms with E-state index >= 15 is 0 Å². The summed E-state index contributed by atoms with van der Waals surface area (Å²) in [6.45, 7) is 0. The van der Waals surface area contributed by atoms with Crippen LogP contribution in [0.2, 0.25) is 0 Å². The first-order chi connectivity index (χ1) is 5.20. The molecular formula is C3H16Al2O11. The van der Waals surface area contributed by atoms with Crippen molar-refractivity contribution in [3.8, 4) is 0 Å². The summed E-state index contributed by atoms with van der Waals surface area (Å²) in [4.78, 5) is 25.7. The van der Waals surface area contributed by atoms with E-state index in [1.807, 2.05) is 0 Å². The molecule has 100 valence electrons. The maximum absolute atomic E-state index is 8.56. The Labute approximate surface area is 109 Å². The van der Waals surface area contributed by atoms with E-state index in [1.165, 1.54) is 0 Å². The van der Waals surface area contributed by atoms with Crippen molar-refractivity contribution >= 4 is 53.2 Å². The van der Waals surface area contributed by atoms with Gasteiger partial charge >= 0.3 is 18.5 Å². The quantitative estimate of drug-likeness (QED) is 0.243. The molecule has 0 bridgehead atoms. The van der Waals surface area contributed by atoms with Crippen LogP contribution in [-0.4, -0.2) is 94.8 Å². The molecule has 0 radical (unpaired) electrons. The molecule has 0 saturated heterocycles. The van der Waals surface area contributed by atoms with Crippen LogP contribution >= 0.6 is 0 Å². The molecule has 10 N–H and O–H groups in total. The lowest BCUT2D eigenvalue weighted by atomic mass is 11.5. The topological polar surface area (TPSA) is 236 Å². The van der Waals surface area contributed by atoms with Gasteiger partial charge in [-0.1, -0.05) is 0 Å². The van der Waals surface area contributed by atoms with Gasteiger partial charge in [0.1, 0.15) is 0 Å². The Morgan fingerprint density at radius 3 is 0.500 bits per heavy atom. The third-order valence-corrected chi connectivity index (χ3v) is 0. The van der Waals surface area contributed by atoms with Gasteiger partial charge in [-0.15, -0.1) is 0 Å². The molecule has 0 atom stereocenters. The first-order valence-electron chi connectivity index (χ1n) is 1.95. The van der Waals surface area contributed by atoms with Gasteiger partial charge in [0.05, 0.1) is 0 Å². The summed E-state index contributed by atoms with van der Waals surface area (Å²) in [5, 5.41) is 41.8. The minimum absolute atomic E-state index is 0. The minimum atomic E-state index is -1.83. The average Bonchev–Trinajstić information content (AvgIpc) is 1.54. The highest BCUT2D eigenvalue weighted by atomic mass is 27.0. The zero-order valence-electron chi connectivity index (χ0n) is 6.41. The summed E-state index contributed by atoms with van der Waals surface area (Å²) >= 11 is 0. The van der Waals surface area contributed by atoms with Gasteiger partial charge in [-0.25, -0.2) is 14.4 Å². The zero-order valence-corrected chi connectivity index (χ0v) is 6.41. The summed E-state index contributed by atoms with van der Waals surface area (Å²) < 4.78 is 0. The van der Waals surface area contributed by atoms with Crippen LogP contribution < -0.4 is 0 Å². The van der Waals surface area contributed by atoms with Crippen molar-refractivity contribution in [2.24, 2.45) is 0 Å². The number of hydrogen-bond donors (Lipinski definition) is 6. The Morgan fingerprint density at radius 1 is 0.500 bits per heavy atom. The molecule has 0 fully saturated rings. The Bertz CT molecular complexity index is 117. The van der Waals surface area contributed by atoms with Crippen molar-refractivity contribution < 1.29 is 56.0 Å². The second-order valence-electron chi connectivity index (χ2n) is 0.848. The van der Waals surface area contributed by atoms with Gasteiger partial charge in [0.25, 0.3) is 0 Å². The van der Waals surface area contributed by atoms with Crippen LogP contribution in [0.3, 0.4) is 0 Å². The van der Waals surface area contributed by atoms with Crippen molar-refractivity contribution in [3.63, 3.8) is 0 Å². The molecule has 0 aliphatic heterocycles. The highest BCUT2D eigenvalue weighted by Gasteiger charge is 1.70. The number of carbonyl (C=O) groups is 3. The second kappa shape index (κ2) is 37.2.